The SMILES string of the molecule is C=CCn1c(=NC(=O)c2cc(=O)c3ccccc3o2)sc2cccc(OCC)c21. The van der Waals surface area contributed by atoms with Crippen LogP contribution in [0.3, 0.4) is 0 Å². The van der Waals surface area contributed by atoms with Crippen molar-refractivity contribution in [3.05, 3.63) is 82.0 Å². The number of nitrogens with zero attached hydrogens (tertiary/aromatic N) is 2. The van der Waals surface area contributed by atoms with Gasteiger partial charge in [-0.15, -0.1) is 6.58 Å². The molecule has 7 heteroatoms. The molecule has 0 radical (unpaired) electrons. The summed E-state index contributed by atoms with van der Waals surface area (Å²) < 4.78 is 14.2. The molecule has 0 bridgehead atoms. The molecule has 0 atom stereocenters. The molecule has 0 N–H and O–H groups in total. The largest absolute Gasteiger partial charge is 0.492 e. The number of rotatable bonds is 5. The van der Waals surface area contributed by atoms with Crippen LogP contribution in [0.2, 0.25) is 0 Å². The zero-order valence-corrected chi connectivity index (χ0v) is 16.6. The highest BCUT2D eigenvalue weighted by atomic mass is 32.1. The van der Waals surface area contributed by atoms with Crippen molar-refractivity contribution in [2.24, 2.45) is 4.99 Å². The fraction of sp³-hybridized carbons (Fsp3) is 0.136. The second-order valence-electron chi connectivity index (χ2n) is 6.21. The predicted octanol–water partition coefficient (Wildman–Crippen LogP) is 4.14. The first-order valence-electron chi connectivity index (χ1n) is 9.10. The number of aromatic nitrogens is 1. The molecule has 0 unspecified atom stereocenters. The molecule has 4 rings (SSSR count). The molecule has 0 aliphatic carbocycles. The van der Waals surface area contributed by atoms with Gasteiger partial charge in [-0.2, -0.15) is 4.99 Å². The van der Waals surface area contributed by atoms with Crippen molar-refractivity contribution >= 4 is 38.4 Å². The number of carbonyl (C=O) groups excluding carboxylic acids is 1. The van der Waals surface area contributed by atoms with Gasteiger partial charge in [0, 0.05) is 12.6 Å². The minimum atomic E-state index is -0.616. The van der Waals surface area contributed by atoms with Gasteiger partial charge >= 0.3 is 5.91 Å². The van der Waals surface area contributed by atoms with Crippen molar-refractivity contribution in [1.82, 2.24) is 4.57 Å². The molecule has 0 saturated carbocycles. The van der Waals surface area contributed by atoms with Crippen LogP contribution >= 0.6 is 11.3 Å². The molecule has 0 fully saturated rings. The minimum absolute atomic E-state index is 0.0960. The molecule has 2 aromatic heterocycles. The number of ether oxygens (including phenoxy) is 1. The minimum Gasteiger partial charge on any atom is -0.492 e. The van der Waals surface area contributed by atoms with E-state index in [1.807, 2.05) is 29.7 Å². The zero-order chi connectivity index (χ0) is 20.4. The number of benzene rings is 2. The van der Waals surface area contributed by atoms with Gasteiger partial charge in [-0.1, -0.05) is 35.6 Å². The van der Waals surface area contributed by atoms with Gasteiger partial charge < -0.3 is 13.7 Å². The van der Waals surface area contributed by atoms with Crippen molar-refractivity contribution < 1.29 is 13.9 Å². The lowest BCUT2D eigenvalue weighted by molar-refractivity contribution is 0.0972. The molecule has 29 heavy (non-hydrogen) atoms. The average molecular weight is 406 g/mol. The van der Waals surface area contributed by atoms with E-state index in [9.17, 15) is 9.59 Å². The van der Waals surface area contributed by atoms with E-state index in [0.717, 1.165) is 10.2 Å². The lowest BCUT2D eigenvalue weighted by atomic mass is 10.2. The molecule has 4 aromatic rings. The first-order chi connectivity index (χ1) is 14.1. The third kappa shape index (κ3) is 3.52. The summed E-state index contributed by atoms with van der Waals surface area (Å²) in [6.45, 7) is 6.70. The summed E-state index contributed by atoms with van der Waals surface area (Å²) in [6.07, 6.45) is 1.73. The highest BCUT2D eigenvalue weighted by Crippen LogP contribution is 2.27. The lowest BCUT2D eigenvalue weighted by Gasteiger charge is -2.07. The van der Waals surface area contributed by atoms with Crippen LogP contribution in [0, 0.1) is 0 Å². The Morgan fingerprint density at radius 3 is 2.90 bits per heavy atom. The Labute approximate surface area is 170 Å². The quantitative estimate of drug-likeness (QED) is 0.467. The molecular formula is C22H18N2O4S. The number of thiazole rings is 1. The lowest BCUT2D eigenvalue weighted by Crippen LogP contribution is -2.17. The summed E-state index contributed by atoms with van der Waals surface area (Å²) >= 11 is 1.36. The Bertz CT molecular complexity index is 1360. The molecule has 1 amide bonds. The number of amides is 1. The molecule has 0 aliphatic rings. The number of fused-ring (bicyclic) bond motifs is 2. The Balaban J connectivity index is 1.89. The van der Waals surface area contributed by atoms with Gasteiger partial charge in [0.2, 0.25) is 0 Å². The molecule has 0 spiro atoms. The van der Waals surface area contributed by atoms with Gasteiger partial charge in [0.25, 0.3) is 0 Å². The van der Waals surface area contributed by atoms with Gasteiger partial charge in [-0.3, -0.25) is 9.59 Å². The van der Waals surface area contributed by atoms with E-state index in [1.165, 1.54) is 17.4 Å². The third-order valence-electron chi connectivity index (χ3n) is 4.32. The van der Waals surface area contributed by atoms with Gasteiger partial charge in [0.15, 0.2) is 16.0 Å². The van der Waals surface area contributed by atoms with Gasteiger partial charge in [0.1, 0.15) is 16.8 Å². The van der Waals surface area contributed by atoms with Crippen LogP contribution in [0.15, 0.2) is 75.4 Å². The van der Waals surface area contributed by atoms with Crippen LogP contribution in [0.1, 0.15) is 17.5 Å². The Morgan fingerprint density at radius 2 is 2.10 bits per heavy atom. The monoisotopic (exact) mass is 406 g/mol. The van der Waals surface area contributed by atoms with E-state index in [2.05, 4.69) is 11.6 Å². The van der Waals surface area contributed by atoms with E-state index in [-0.39, 0.29) is 11.2 Å². The highest BCUT2D eigenvalue weighted by Gasteiger charge is 2.15. The number of para-hydroxylation sites is 2. The summed E-state index contributed by atoms with van der Waals surface area (Å²) in [4.78, 5) is 29.8. The van der Waals surface area contributed by atoms with E-state index >= 15 is 0 Å². The molecule has 2 heterocycles. The number of allylic oxidation sites excluding steroid dienone is 1. The Kier molecular flexibility index (Phi) is 5.14. The predicted molar refractivity (Wildman–Crippen MR) is 114 cm³/mol. The van der Waals surface area contributed by atoms with Crippen molar-refractivity contribution in [3.63, 3.8) is 0 Å². The Morgan fingerprint density at radius 1 is 1.28 bits per heavy atom. The van der Waals surface area contributed by atoms with Crippen LogP contribution in [0.4, 0.5) is 0 Å². The van der Waals surface area contributed by atoms with Crippen LogP contribution in [-0.4, -0.2) is 17.1 Å². The molecule has 0 saturated heterocycles. The van der Waals surface area contributed by atoms with Crippen molar-refractivity contribution in [1.29, 1.82) is 0 Å². The summed E-state index contributed by atoms with van der Waals surface area (Å²) in [6, 6.07) is 13.7. The maximum Gasteiger partial charge on any atom is 0.315 e. The molecular weight excluding hydrogens is 388 g/mol. The van der Waals surface area contributed by atoms with Gasteiger partial charge in [0.05, 0.1) is 16.7 Å². The van der Waals surface area contributed by atoms with Crippen LogP contribution in [0.5, 0.6) is 5.75 Å². The van der Waals surface area contributed by atoms with Crippen molar-refractivity contribution in [2.75, 3.05) is 6.61 Å². The van der Waals surface area contributed by atoms with Crippen LogP contribution in [-0.2, 0) is 6.54 Å². The van der Waals surface area contributed by atoms with Crippen LogP contribution in [0.25, 0.3) is 21.2 Å². The molecule has 2 aromatic carbocycles. The number of carbonyl (C=O) groups is 1. The normalized spacial score (nSPS) is 11.8. The van der Waals surface area contributed by atoms with Crippen molar-refractivity contribution in [2.45, 2.75) is 13.5 Å². The molecule has 0 aliphatic heterocycles. The average Bonchev–Trinajstić information content (AvgIpc) is 3.06. The number of hydrogen-bond acceptors (Lipinski definition) is 5. The molecule has 146 valence electrons. The smallest absolute Gasteiger partial charge is 0.315 e. The first-order valence-corrected chi connectivity index (χ1v) is 9.92. The second kappa shape index (κ2) is 7.89. The zero-order valence-electron chi connectivity index (χ0n) is 15.8. The van der Waals surface area contributed by atoms with Gasteiger partial charge in [-0.05, 0) is 31.2 Å². The fourth-order valence-corrected chi connectivity index (χ4v) is 4.16. The van der Waals surface area contributed by atoms with E-state index in [1.54, 1.807) is 30.3 Å². The topological polar surface area (TPSA) is 73.8 Å². The highest BCUT2D eigenvalue weighted by molar-refractivity contribution is 7.16. The maximum atomic E-state index is 12.8. The second-order valence-corrected chi connectivity index (χ2v) is 7.22. The summed E-state index contributed by atoms with van der Waals surface area (Å²) in [5, 5.41) is 0.425. The maximum absolute atomic E-state index is 12.8. The van der Waals surface area contributed by atoms with Crippen molar-refractivity contribution in [3.8, 4) is 5.75 Å². The first kappa shape index (κ1) is 18.9. The number of hydrogen-bond donors (Lipinski definition) is 0. The Hall–Kier alpha value is -3.45. The fourth-order valence-electron chi connectivity index (χ4n) is 3.10. The van der Waals surface area contributed by atoms with E-state index in [0.29, 0.717) is 34.7 Å². The summed E-state index contributed by atoms with van der Waals surface area (Å²) in [5.74, 6) is 0.00533. The summed E-state index contributed by atoms with van der Waals surface area (Å²) in [5.41, 5.74) is 0.928. The van der Waals surface area contributed by atoms with E-state index in [4.69, 9.17) is 9.15 Å². The third-order valence-corrected chi connectivity index (χ3v) is 5.36. The van der Waals surface area contributed by atoms with Gasteiger partial charge in [-0.25, -0.2) is 0 Å². The van der Waals surface area contributed by atoms with Crippen LogP contribution < -0.4 is 15.0 Å². The summed E-state index contributed by atoms with van der Waals surface area (Å²) in [7, 11) is 0. The molecule has 6 nitrogen and oxygen atoms in total. The standard InChI is InChI=1S/C22H18N2O4S/c1-3-12-24-20-17(27-4-2)10-7-11-19(20)29-22(24)23-21(26)18-13-15(25)14-8-5-6-9-16(14)28-18/h3,5-11,13H,1,4,12H2,2H3. The van der Waals surface area contributed by atoms with E-state index < -0.39 is 5.91 Å².